The molecule has 0 saturated heterocycles. The zero-order chi connectivity index (χ0) is 12.0. The molecule has 0 amide bonds. The molecular weight excluding hydrogens is 206 g/mol. The molecule has 0 aliphatic rings. The van der Waals surface area contributed by atoms with E-state index in [0.717, 1.165) is 5.69 Å². The first-order chi connectivity index (χ1) is 7.47. The zero-order valence-corrected chi connectivity index (χ0v) is 9.90. The fourth-order valence-corrected chi connectivity index (χ4v) is 1.09. The summed E-state index contributed by atoms with van der Waals surface area (Å²) >= 11 is 0. The summed E-state index contributed by atoms with van der Waals surface area (Å²) in [5.74, 6) is -0.358. The third-order valence-corrected chi connectivity index (χ3v) is 1.62. The fourth-order valence-electron chi connectivity index (χ4n) is 1.09. The van der Waals surface area contributed by atoms with Gasteiger partial charge in [0, 0.05) is 6.20 Å². The lowest BCUT2D eigenvalue weighted by molar-refractivity contribution is -0.160. The van der Waals surface area contributed by atoms with E-state index in [1.807, 2.05) is 39.0 Å². The van der Waals surface area contributed by atoms with Crippen LogP contribution in [0.2, 0.25) is 0 Å². The first-order valence-corrected chi connectivity index (χ1v) is 5.17. The van der Waals surface area contributed by atoms with E-state index in [4.69, 9.17) is 9.47 Å². The molecule has 0 fully saturated rings. The van der Waals surface area contributed by atoms with Crippen molar-refractivity contribution < 1.29 is 14.3 Å². The molecule has 1 aromatic rings. The second-order valence-electron chi connectivity index (χ2n) is 4.40. The Bertz CT molecular complexity index is 330. The molecular formula is C12H17NO3. The Morgan fingerprint density at radius 2 is 2.12 bits per heavy atom. The van der Waals surface area contributed by atoms with Crippen LogP contribution < -0.4 is 0 Å². The highest BCUT2D eigenvalue weighted by Crippen LogP contribution is 2.07. The predicted octanol–water partition coefficient (Wildman–Crippen LogP) is 1.94. The van der Waals surface area contributed by atoms with E-state index in [0.29, 0.717) is 6.61 Å². The van der Waals surface area contributed by atoms with Gasteiger partial charge in [-0.1, -0.05) is 6.07 Å². The largest absolute Gasteiger partial charge is 0.458 e. The van der Waals surface area contributed by atoms with Crippen LogP contribution in [0.5, 0.6) is 0 Å². The Balaban J connectivity index is 2.24. The molecule has 0 bridgehead atoms. The van der Waals surface area contributed by atoms with Crippen LogP contribution in [0, 0.1) is 0 Å². The molecule has 0 aliphatic carbocycles. The second-order valence-corrected chi connectivity index (χ2v) is 4.40. The monoisotopic (exact) mass is 223 g/mol. The summed E-state index contributed by atoms with van der Waals surface area (Å²) in [5, 5.41) is 0. The van der Waals surface area contributed by atoms with Gasteiger partial charge >= 0.3 is 5.97 Å². The number of hydrogen-bond donors (Lipinski definition) is 0. The van der Waals surface area contributed by atoms with Gasteiger partial charge in [-0.25, -0.2) is 4.79 Å². The minimum absolute atomic E-state index is 0.0478. The number of carbonyl (C=O) groups is 1. The Hall–Kier alpha value is -1.42. The van der Waals surface area contributed by atoms with Gasteiger partial charge in [-0.15, -0.1) is 0 Å². The standard InChI is InChI=1S/C12H17NO3/c1-12(2,3)16-11(14)9-15-8-10-6-4-5-7-13-10/h4-7H,8-9H2,1-3H3. The molecule has 88 valence electrons. The van der Waals surface area contributed by atoms with Crippen molar-refractivity contribution in [2.75, 3.05) is 6.61 Å². The van der Waals surface area contributed by atoms with Crippen LogP contribution in [0.3, 0.4) is 0 Å². The molecule has 0 radical (unpaired) electrons. The molecule has 0 atom stereocenters. The molecule has 1 aromatic heterocycles. The van der Waals surface area contributed by atoms with Crippen LogP contribution in [0.1, 0.15) is 26.5 Å². The molecule has 0 aromatic carbocycles. The number of pyridine rings is 1. The normalized spacial score (nSPS) is 11.2. The highest BCUT2D eigenvalue weighted by molar-refractivity contribution is 5.71. The molecule has 0 unspecified atom stereocenters. The van der Waals surface area contributed by atoms with Crippen LogP contribution in [0.25, 0.3) is 0 Å². The van der Waals surface area contributed by atoms with Crippen molar-refractivity contribution in [2.24, 2.45) is 0 Å². The number of nitrogens with zero attached hydrogens (tertiary/aromatic N) is 1. The number of carbonyl (C=O) groups excluding carboxylic acids is 1. The lowest BCUT2D eigenvalue weighted by Crippen LogP contribution is -2.26. The van der Waals surface area contributed by atoms with Crippen LogP contribution in [0.15, 0.2) is 24.4 Å². The summed E-state index contributed by atoms with van der Waals surface area (Å²) in [6, 6.07) is 5.55. The Morgan fingerprint density at radius 1 is 1.38 bits per heavy atom. The van der Waals surface area contributed by atoms with Crippen molar-refractivity contribution in [3.8, 4) is 0 Å². The summed E-state index contributed by atoms with van der Waals surface area (Å²) in [6.07, 6.45) is 1.69. The van der Waals surface area contributed by atoms with Crippen molar-refractivity contribution >= 4 is 5.97 Å². The van der Waals surface area contributed by atoms with E-state index in [-0.39, 0.29) is 12.6 Å². The summed E-state index contributed by atoms with van der Waals surface area (Å²) < 4.78 is 10.3. The zero-order valence-electron chi connectivity index (χ0n) is 9.90. The average molecular weight is 223 g/mol. The lowest BCUT2D eigenvalue weighted by atomic mass is 10.2. The van der Waals surface area contributed by atoms with Gasteiger partial charge in [0.1, 0.15) is 12.2 Å². The van der Waals surface area contributed by atoms with Crippen LogP contribution in [-0.2, 0) is 20.9 Å². The third kappa shape index (κ3) is 5.46. The second kappa shape index (κ2) is 5.61. The number of ether oxygens (including phenoxy) is 2. The molecule has 16 heavy (non-hydrogen) atoms. The third-order valence-electron chi connectivity index (χ3n) is 1.62. The van der Waals surface area contributed by atoms with Gasteiger partial charge in [0.15, 0.2) is 0 Å². The molecule has 4 heteroatoms. The maximum Gasteiger partial charge on any atom is 0.332 e. The molecule has 1 heterocycles. The highest BCUT2D eigenvalue weighted by Gasteiger charge is 2.15. The van der Waals surface area contributed by atoms with Crippen molar-refractivity contribution in [1.82, 2.24) is 4.98 Å². The molecule has 1 rings (SSSR count). The number of esters is 1. The fraction of sp³-hybridized carbons (Fsp3) is 0.500. The number of hydrogen-bond acceptors (Lipinski definition) is 4. The Labute approximate surface area is 95.6 Å². The summed E-state index contributed by atoms with van der Waals surface area (Å²) in [4.78, 5) is 15.4. The summed E-state index contributed by atoms with van der Waals surface area (Å²) in [6.45, 7) is 5.74. The first kappa shape index (κ1) is 12.6. The summed E-state index contributed by atoms with van der Waals surface area (Å²) in [7, 11) is 0. The van der Waals surface area contributed by atoms with Gasteiger partial charge in [0.2, 0.25) is 0 Å². The van der Waals surface area contributed by atoms with Crippen LogP contribution in [0.4, 0.5) is 0 Å². The minimum atomic E-state index is -0.467. The molecule has 0 saturated carbocycles. The molecule has 0 spiro atoms. The van der Waals surface area contributed by atoms with Gasteiger partial charge in [0.25, 0.3) is 0 Å². The van der Waals surface area contributed by atoms with Crippen molar-refractivity contribution in [3.05, 3.63) is 30.1 Å². The Kier molecular flexibility index (Phi) is 4.43. The van der Waals surface area contributed by atoms with Crippen LogP contribution >= 0.6 is 0 Å². The number of aromatic nitrogens is 1. The van der Waals surface area contributed by atoms with Gasteiger partial charge in [-0.3, -0.25) is 4.98 Å². The van der Waals surface area contributed by atoms with Crippen LogP contribution in [-0.4, -0.2) is 23.2 Å². The predicted molar refractivity (Wildman–Crippen MR) is 59.7 cm³/mol. The smallest absolute Gasteiger partial charge is 0.332 e. The van der Waals surface area contributed by atoms with Crippen molar-refractivity contribution in [3.63, 3.8) is 0 Å². The maximum absolute atomic E-state index is 11.3. The van der Waals surface area contributed by atoms with Crippen molar-refractivity contribution in [2.45, 2.75) is 33.0 Å². The van der Waals surface area contributed by atoms with Gasteiger partial charge in [0.05, 0.1) is 12.3 Å². The SMILES string of the molecule is CC(C)(C)OC(=O)COCc1ccccn1. The van der Waals surface area contributed by atoms with Crippen molar-refractivity contribution in [1.29, 1.82) is 0 Å². The Morgan fingerprint density at radius 3 is 2.69 bits per heavy atom. The van der Waals surface area contributed by atoms with E-state index in [9.17, 15) is 4.79 Å². The molecule has 0 aliphatic heterocycles. The number of rotatable bonds is 4. The highest BCUT2D eigenvalue weighted by atomic mass is 16.6. The minimum Gasteiger partial charge on any atom is -0.458 e. The first-order valence-electron chi connectivity index (χ1n) is 5.17. The maximum atomic E-state index is 11.3. The molecule has 0 N–H and O–H groups in total. The summed E-state index contributed by atoms with van der Waals surface area (Å²) in [5.41, 5.74) is 0.330. The lowest BCUT2D eigenvalue weighted by Gasteiger charge is -2.19. The van der Waals surface area contributed by atoms with E-state index in [1.165, 1.54) is 0 Å². The topological polar surface area (TPSA) is 48.4 Å². The quantitative estimate of drug-likeness (QED) is 0.732. The van der Waals surface area contributed by atoms with E-state index < -0.39 is 5.60 Å². The van der Waals surface area contributed by atoms with Gasteiger partial charge in [-0.2, -0.15) is 0 Å². The van der Waals surface area contributed by atoms with Gasteiger partial charge in [-0.05, 0) is 32.9 Å². The van der Waals surface area contributed by atoms with Gasteiger partial charge < -0.3 is 9.47 Å². The average Bonchev–Trinajstić information content (AvgIpc) is 2.16. The van der Waals surface area contributed by atoms with E-state index in [2.05, 4.69) is 4.98 Å². The molecule has 4 nitrogen and oxygen atoms in total. The van der Waals surface area contributed by atoms with E-state index >= 15 is 0 Å². The van der Waals surface area contributed by atoms with E-state index in [1.54, 1.807) is 6.20 Å².